The predicted molar refractivity (Wildman–Crippen MR) is 78.4 cm³/mol. The number of hydrogen-bond donors (Lipinski definition) is 1. The molecule has 0 aromatic heterocycles. The average molecular weight is 327 g/mol. The van der Waals surface area contributed by atoms with Gasteiger partial charge in [-0.15, -0.1) is 0 Å². The van der Waals surface area contributed by atoms with Gasteiger partial charge in [0.1, 0.15) is 5.82 Å². The summed E-state index contributed by atoms with van der Waals surface area (Å²) in [5.74, 6) is -0.107. The number of fused-ring (bicyclic) bond motifs is 2. The minimum Gasteiger partial charge on any atom is -0.328 e. The van der Waals surface area contributed by atoms with Crippen LogP contribution < -0.4 is 5.73 Å². The molecule has 4 heteroatoms. The van der Waals surface area contributed by atoms with Crippen molar-refractivity contribution in [3.05, 3.63) is 34.1 Å². The number of nitrogens with zero attached hydrogens (tertiary/aromatic N) is 1. The van der Waals surface area contributed by atoms with Gasteiger partial charge in [0.25, 0.3) is 0 Å². The van der Waals surface area contributed by atoms with Crippen molar-refractivity contribution < 1.29 is 4.39 Å². The third-order valence-corrected chi connectivity index (χ3v) is 5.17. The summed E-state index contributed by atoms with van der Waals surface area (Å²) >= 11 is 3.44. The van der Waals surface area contributed by atoms with Crippen molar-refractivity contribution in [2.45, 2.75) is 56.8 Å². The quantitative estimate of drug-likeness (QED) is 0.899. The lowest BCUT2D eigenvalue weighted by Gasteiger charge is -2.41. The zero-order valence-corrected chi connectivity index (χ0v) is 12.7. The SMILES string of the molecule is CC(c1cc(Br)ccc1F)N1C2CCC1CC(N)C2. The van der Waals surface area contributed by atoms with Crippen LogP contribution >= 0.6 is 15.9 Å². The molecule has 2 aliphatic rings. The molecule has 104 valence electrons. The second-order valence-electron chi connectivity index (χ2n) is 5.91. The molecule has 2 fully saturated rings. The van der Waals surface area contributed by atoms with Gasteiger partial charge in [-0.2, -0.15) is 0 Å². The first-order valence-corrected chi connectivity index (χ1v) is 7.83. The summed E-state index contributed by atoms with van der Waals surface area (Å²) in [5, 5.41) is 0. The van der Waals surface area contributed by atoms with E-state index in [0.29, 0.717) is 18.1 Å². The highest BCUT2D eigenvalue weighted by atomic mass is 79.9. The monoisotopic (exact) mass is 326 g/mol. The van der Waals surface area contributed by atoms with Crippen LogP contribution in [0.1, 0.15) is 44.2 Å². The maximum Gasteiger partial charge on any atom is 0.128 e. The van der Waals surface area contributed by atoms with Crippen molar-refractivity contribution in [2.75, 3.05) is 0 Å². The first kappa shape index (κ1) is 13.5. The molecule has 3 unspecified atom stereocenters. The predicted octanol–water partition coefficient (Wildman–Crippen LogP) is 3.60. The van der Waals surface area contributed by atoms with Crippen LogP contribution in [0.15, 0.2) is 22.7 Å². The van der Waals surface area contributed by atoms with Crippen molar-refractivity contribution in [3.63, 3.8) is 0 Å². The number of halogens is 2. The summed E-state index contributed by atoms with van der Waals surface area (Å²) in [7, 11) is 0. The standard InChI is InChI=1S/C15H20BrFN2/c1-9(14-6-10(16)2-5-15(14)17)19-12-3-4-13(19)8-11(18)7-12/h2,5-6,9,11-13H,3-4,7-8,18H2,1H3. The van der Waals surface area contributed by atoms with Crippen LogP contribution in [-0.2, 0) is 0 Å². The largest absolute Gasteiger partial charge is 0.328 e. The lowest BCUT2D eigenvalue weighted by atomic mass is 9.94. The van der Waals surface area contributed by atoms with E-state index in [1.165, 1.54) is 12.8 Å². The van der Waals surface area contributed by atoms with Crippen LogP contribution in [0.4, 0.5) is 4.39 Å². The molecule has 0 saturated carbocycles. The van der Waals surface area contributed by atoms with E-state index in [1.807, 2.05) is 6.07 Å². The van der Waals surface area contributed by atoms with Crippen LogP contribution in [0.3, 0.4) is 0 Å². The minimum absolute atomic E-state index is 0.107. The van der Waals surface area contributed by atoms with Gasteiger partial charge in [0.15, 0.2) is 0 Å². The molecule has 2 heterocycles. The molecule has 3 atom stereocenters. The molecule has 0 radical (unpaired) electrons. The first-order chi connectivity index (χ1) is 9.06. The average Bonchev–Trinajstić information content (AvgIpc) is 2.64. The van der Waals surface area contributed by atoms with E-state index in [1.54, 1.807) is 12.1 Å². The number of piperidine rings is 1. The highest BCUT2D eigenvalue weighted by Gasteiger charge is 2.42. The topological polar surface area (TPSA) is 29.3 Å². The lowest BCUT2D eigenvalue weighted by molar-refractivity contribution is 0.0837. The van der Waals surface area contributed by atoms with Gasteiger partial charge in [0.05, 0.1) is 0 Å². The van der Waals surface area contributed by atoms with Crippen LogP contribution in [0.25, 0.3) is 0 Å². The molecule has 1 aromatic rings. The van der Waals surface area contributed by atoms with E-state index < -0.39 is 0 Å². The van der Waals surface area contributed by atoms with Crippen molar-refractivity contribution in [3.8, 4) is 0 Å². The Balaban J connectivity index is 1.88. The molecule has 19 heavy (non-hydrogen) atoms. The molecule has 0 spiro atoms. The Hall–Kier alpha value is -0.450. The van der Waals surface area contributed by atoms with Gasteiger partial charge in [0, 0.05) is 34.2 Å². The summed E-state index contributed by atoms with van der Waals surface area (Å²) in [6, 6.07) is 6.73. The number of benzene rings is 1. The molecular formula is C15H20BrFN2. The van der Waals surface area contributed by atoms with Crippen molar-refractivity contribution in [2.24, 2.45) is 5.73 Å². The van der Waals surface area contributed by atoms with Gasteiger partial charge in [-0.25, -0.2) is 4.39 Å². The van der Waals surface area contributed by atoms with Gasteiger partial charge in [-0.05, 0) is 50.8 Å². The van der Waals surface area contributed by atoms with Crippen molar-refractivity contribution in [1.29, 1.82) is 0 Å². The molecule has 2 saturated heterocycles. The number of hydrogen-bond acceptors (Lipinski definition) is 2. The van der Waals surface area contributed by atoms with E-state index in [4.69, 9.17) is 5.73 Å². The van der Waals surface area contributed by atoms with E-state index >= 15 is 0 Å². The summed E-state index contributed by atoms with van der Waals surface area (Å²) in [6.45, 7) is 2.12. The van der Waals surface area contributed by atoms with Crippen molar-refractivity contribution in [1.82, 2.24) is 4.90 Å². The van der Waals surface area contributed by atoms with Gasteiger partial charge >= 0.3 is 0 Å². The Morgan fingerprint density at radius 2 is 1.95 bits per heavy atom. The van der Waals surface area contributed by atoms with E-state index in [9.17, 15) is 4.39 Å². The smallest absolute Gasteiger partial charge is 0.128 e. The van der Waals surface area contributed by atoms with Gasteiger partial charge in [-0.3, -0.25) is 4.90 Å². The highest BCUT2D eigenvalue weighted by molar-refractivity contribution is 9.10. The first-order valence-electron chi connectivity index (χ1n) is 7.04. The Morgan fingerprint density at radius 1 is 1.32 bits per heavy atom. The maximum atomic E-state index is 14.1. The molecule has 2 N–H and O–H groups in total. The number of rotatable bonds is 2. The fraction of sp³-hybridized carbons (Fsp3) is 0.600. The van der Waals surface area contributed by atoms with Crippen LogP contribution in [0, 0.1) is 5.82 Å². The summed E-state index contributed by atoms with van der Waals surface area (Å²) in [5.41, 5.74) is 6.90. The highest BCUT2D eigenvalue weighted by Crippen LogP contribution is 2.41. The molecule has 2 aliphatic heterocycles. The van der Waals surface area contributed by atoms with Crippen LogP contribution in [-0.4, -0.2) is 23.0 Å². The molecule has 2 bridgehead atoms. The van der Waals surface area contributed by atoms with Crippen LogP contribution in [0.2, 0.25) is 0 Å². The molecule has 2 nitrogen and oxygen atoms in total. The zero-order chi connectivity index (χ0) is 13.6. The second kappa shape index (κ2) is 5.15. The summed E-state index contributed by atoms with van der Waals surface area (Å²) in [4.78, 5) is 2.49. The fourth-order valence-electron chi connectivity index (χ4n) is 3.88. The normalized spacial score (nSPS) is 32.5. The summed E-state index contributed by atoms with van der Waals surface area (Å²) < 4.78 is 15.0. The Bertz CT molecular complexity index is 465. The second-order valence-corrected chi connectivity index (χ2v) is 6.82. The third kappa shape index (κ3) is 2.46. The third-order valence-electron chi connectivity index (χ3n) is 4.68. The maximum absolute atomic E-state index is 14.1. The zero-order valence-electron chi connectivity index (χ0n) is 11.2. The lowest BCUT2D eigenvalue weighted by Crippen LogP contribution is -2.48. The van der Waals surface area contributed by atoms with E-state index in [-0.39, 0.29) is 11.9 Å². The van der Waals surface area contributed by atoms with E-state index in [2.05, 4.69) is 27.8 Å². The Labute approximate surface area is 122 Å². The molecule has 0 amide bonds. The van der Waals surface area contributed by atoms with Crippen molar-refractivity contribution >= 4 is 15.9 Å². The van der Waals surface area contributed by atoms with E-state index in [0.717, 1.165) is 22.9 Å². The summed E-state index contributed by atoms with van der Waals surface area (Å²) in [6.07, 6.45) is 4.52. The van der Waals surface area contributed by atoms with Crippen LogP contribution in [0.5, 0.6) is 0 Å². The van der Waals surface area contributed by atoms with Gasteiger partial charge in [-0.1, -0.05) is 15.9 Å². The molecule has 1 aromatic carbocycles. The van der Waals surface area contributed by atoms with Gasteiger partial charge < -0.3 is 5.73 Å². The number of nitrogens with two attached hydrogens (primary N) is 1. The molecule has 3 rings (SSSR count). The minimum atomic E-state index is -0.107. The Morgan fingerprint density at radius 3 is 2.58 bits per heavy atom. The molecule has 0 aliphatic carbocycles. The van der Waals surface area contributed by atoms with Gasteiger partial charge in [0.2, 0.25) is 0 Å². The Kier molecular flexibility index (Phi) is 3.67. The molecular weight excluding hydrogens is 307 g/mol. The fourth-order valence-corrected chi connectivity index (χ4v) is 4.26.